The molecule has 4 aromatic carbocycles. The highest BCUT2D eigenvalue weighted by Crippen LogP contribution is 2.54. The fraction of sp³-hybridized carbons (Fsp3) is 0.297. The summed E-state index contributed by atoms with van der Waals surface area (Å²) in [6, 6.07) is 22.8. The third-order valence-corrected chi connectivity index (χ3v) is 9.11. The van der Waals surface area contributed by atoms with Gasteiger partial charge in [0.2, 0.25) is 11.8 Å². The van der Waals surface area contributed by atoms with Gasteiger partial charge in [0.05, 0.1) is 14.2 Å². The van der Waals surface area contributed by atoms with Gasteiger partial charge >= 0.3 is 0 Å². The van der Waals surface area contributed by atoms with Gasteiger partial charge in [-0.3, -0.25) is 0 Å². The predicted molar refractivity (Wildman–Crippen MR) is 173 cm³/mol. The van der Waals surface area contributed by atoms with Gasteiger partial charge in [-0.25, -0.2) is 9.97 Å². The predicted octanol–water partition coefficient (Wildman–Crippen LogP) is 8.86. The molecular weight excluding hydrogens is 568 g/mol. The van der Waals surface area contributed by atoms with E-state index in [1.807, 2.05) is 12.1 Å². The summed E-state index contributed by atoms with van der Waals surface area (Å²) in [4.78, 5) is 9.74. The number of hydrogen-bond acceptors (Lipinski definition) is 8. The monoisotopic (exact) mass is 604 g/mol. The maximum Gasteiger partial charge on any atom is 0.227 e. The summed E-state index contributed by atoms with van der Waals surface area (Å²) in [5.41, 5.74) is 6.58. The quantitative estimate of drug-likeness (QED) is 0.194. The number of phenols is 2. The molecular formula is C37H36N2O6. The number of methoxy groups -OCH3 is 2. The largest absolute Gasteiger partial charge is 0.504 e. The Morgan fingerprint density at radius 1 is 0.689 bits per heavy atom. The maximum absolute atomic E-state index is 10.1. The van der Waals surface area contributed by atoms with Crippen LogP contribution in [-0.4, -0.2) is 34.4 Å². The van der Waals surface area contributed by atoms with Crippen molar-refractivity contribution >= 4 is 22.2 Å². The fourth-order valence-electron chi connectivity index (χ4n) is 7.50. The number of ether oxygens (including phenoxy) is 2. The van der Waals surface area contributed by atoms with Gasteiger partial charge in [-0.05, 0) is 102 Å². The van der Waals surface area contributed by atoms with Gasteiger partial charge in [0.15, 0.2) is 34.2 Å². The van der Waals surface area contributed by atoms with Crippen molar-refractivity contribution in [3.63, 3.8) is 0 Å². The molecule has 0 spiro atoms. The molecule has 1 atom stereocenters. The van der Waals surface area contributed by atoms with Crippen LogP contribution in [0.4, 0.5) is 0 Å². The number of aromatic nitrogens is 2. The summed E-state index contributed by atoms with van der Waals surface area (Å²) in [6.07, 6.45) is 3.08. The van der Waals surface area contributed by atoms with E-state index < -0.39 is 0 Å². The second-order valence-corrected chi connectivity index (χ2v) is 13.1. The Morgan fingerprint density at radius 3 is 1.62 bits per heavy atom. The molecule has 2 N–H and O–H groups in total. The normalized spacial score (nSPS) is 17.5. The van der Waals surface area contributed by atoms with E-state index in [0.717, 1.165) is 41.4 Å². The van der Waals surface area contributed by atoms with E-state index in [0.29, 0.717) is 40.4 Å². The number of aromatic hydroxyl groups is 2. The minimum absolute atomic E-state index is 0.0645. The molecule has 0 radical (unpaired) electrons. The second kappa shape index (κ2) is 10.6. The first-order valence-corrected chi connectivity index (χ1v) is 15.1. The number of hydrogen-bond donors (Lipinski definition) is 2. The van der Waals surface area contributed by atoms with Crippen LogP contribution >= 0.6 is 0 Å². The first-order chi connectivity index (χ1) is 21.6. The topological polar surface area (TPSA) is 111 Å². The lowest BCUT2D eigenvalue weighted by Crippen LogP contribution is -2.41. The zero-order valence-electron chi connectivity index (χ0n) is 26.0. The molecule has 1 unspecified atom stereocenters. The van der Waals surface area contributed by atoms with Crippen LogP contribution < -0.4 is 9.47 Å². The van der Waals surface area contributed by atoms with Crippen LogP contribution in [0, 0.1) is 11.3 Å². The lowest BCUT2D eigenvalue weighted by Gasteiger charge is -2.48. The first kappa shape index (κ1) is 28.8. The summed E-state index contributed by atoms with van der Waals surface area (Å²) < 4.78 is 22.9. The molecule has 0 aliphatic heterocycles. The maximum atomic E-state index is 10.1. The highest BCUT2D eigenvalue weighted by atomic mass is 16.5. The number of nitrogens with zero attached hydrogens (tertiary/aromatic N) is 2. The minimum atomic E-state index is -0.286. The van der Waals surface area contributed by atoms with Crippen molar-refractivity contribution in [2.45, 2.75) is 45.4 Å². The van der Waals surface area contributed by atoms with Crippen LogP contribution in [0.25, 0.3) is 45.1 Å². The van der Waals surface area contributed by atoms with Crippen LogP contribution in [0.2, 0.25) is 0 Å². The van der Waals surface area contributed by atoms with Gasteiger partial charge < -0.3 is 28.5 Å². The third kappa shape index (κ3) is 5.04. The number of benzene rings is 4. The summed E-state index contributed by atoms with van der Waals surface area (Å²) in [5, 5.41) is 20.1. The zero-order valence-corrected chi connectivity index (χ0v) is 26.0. The Morgan fingerprint density at radius 2 is 1.18 bits per heavy atom. The average molecular weight is 605 g/mol. The average Bonchev–Trinajstić information content (AvgIpc) is 3.64. The molecule has 1 aliphatic carbocycles. The van der Waals surface area contributed by atoms with Crippen LogP contribution in [-0.2, 0) is 5.41 Å². The molecule has 7 rings (SSSR count). The molecule has 45 heavy (non-hydrogen) atoms. The molecule has 2 heterocycles. The van der Waals surface area contributed by atoms with E-state index in [-0.39, 0.29) is 22.3 Å². The van der Waals surface area contributed by atoms with E-state index in [2.05, 4.69) is 45.0 Å². The molecule has 8 nitrogen and oxygen atoms in total. The van der Waals surface area contributed by atoms with Crippen molar-refractivity contribution in [2.75, 3.05) is 14.2 Å². The van der Waals surface area contributed by atoms with Gasteiger partial charge in [0.1, 0.15) is 11.0 Å². The van der Waals surface area contributed by atoms with E-state index in [1.165, 1.54) is 25.3 Å². The lowest BCUT2D eigenvalue weighted by molar-refractivity contribution is 0.127. The van der Waals surface area contributed by atoms with E-state index in [1.54, 1.807) is 36.4 Å². The van der Waals surface area contributed by atoms with Crippen molar-refractivity contribution < 1.29 is 28.5 Å². The Balaban J connectivity index is 1.34. The third-order valence-electron chi connectivity index (χ3n) is 9.11. The van der Waals surface area contributed by atoms with E-state index in [9.17, 15) is 10.2 Å². The highest BCUT2D eigenvalue weighted by molar-refractivity contribution is 5.80. The molecule has 0 amide bonds. The number of phenolic OH excluding ortho intramolecular Hbond substituents is 2. The van der Waals surface area contributed by atoms with E-state index in [4.69, 9.17) is 28.3 Å². The van der Waals surface area contributed by atoms with Crippen LogP contribution in [0.3, 0.4) is 0 Å². The van der Waals surface area contributed by atoms with Gasteiger partial charge in [-0.2, -0.15) is 0 Å². The molecule has 1 fully saturated rings. The fourth-order valence-corrected chi connectivity index (χ4v) is 7.50. The molecule has 0 bridgehead atoms. The molecule has 0 saturated heterocycles. The molecule has 2 aromatic heterocycles. The van der Waals surface area contributed by atoms with Crippen LogP contribution in [0.1, 0.15) is 51.2 Å². The van der Waals surface area contributed by atoms with Crippen LogP contribution in [0.15, 0.2) is 81.6 Å². The SMILES string of the molecule is COc1cc(-c2nc3cc(C4(c5ccc6oc(-c7ccc(O)c(OC)c7)nc6c5)CC(C)CC(C)(C)C4)ccc3o2)ccc1O. The van der Waals surface area contributed by atoms with Crippen molar-refractivity contribution in [1.82, 2.24) is 9.97 Å². The molecule has 230 valence electrons. The van der Waals surface area contributed by atoms with Gasteiger partial charge in [0.25, 0.3) is 0 Å². The summed E-state index contributed by atoms with van der Waals surface area (Å²) >= 11 is 0. The Bertz CT molecular complexity index is 1920. The smallest absolute Gasteiger partial charge is 0.227 e. The number of fused-ring (bicyclic) bond motifs is 2. The zero-order chi connectivity index (χ0) is 31.5. The first-order valence-electron chi connectivity index (χ1n) is 15.1. The van der Waals surface area contributed by atoms with E-state index >= 15 is 0 Å². The van der Waals surface area contributed by atoms with Crippen molar-refractivity contribution in [3.05, 3.63) is 83.9 Å². The Labute approximate surface area is 261 Å². The standard InChI is InChI=1S/C37H36N2O6/c1-21-18-36(2,3)20-37(19-21,24-8-12-30-26(16-24)38-34(44-30)22-6-10-28(40)32(14-22)42-4)25-9-13-31-27(17-25)39-35(45-31)23-7-11-29(41)33(15-23)43-5/h6-17,21,40-41H,18-20H2,1-5H3. The molecule has 8 heteroatoms. The van der Waals surface area contributed by atoms with Crippen molar-refractivity contribution in [1.29, 1.82) is 0 Å². The lowest BCUT2D eigenvalue weighted by atomic mass is 9.55. The second-order valence-electron chi connectivity index (χ2n) is 13.1. The Hall–Kier alpha value is -4.98. The van der Waals surface area contributed by atoms with Crippen molar-refractivity contribution in [3.8, 4) is 45.9 Å². The van der Waals surface area contributed by atoms with Crippen molar-refractivity contribution in [2.24, 2.45) is 11.3 Å². The summed E-state index contributed by atoms with van der Waals surface area (Å²) in [7, 11) is 3.04. The molecule has 1 saturated carbocycles. The van der Waals surface area contributed by atoms with Crippen LogP contribution in [0.5, 0.6) is 23.0 Å². The number of rotatable bonds is 6. The summed E-state index contributed by atoms with van der Waals surface area (Å²) in [5.74, 6) is 2.29. The van der Waals surface area contributed by atoms with Gasteiger partial charge in [-0.15, -0.1) is 0 Å². The Kier molecular flexibility index (Phi) is 6.76. The van der Waals surface area contributed by atoms with Gasteiger partial charge in [0, 0.05) is 16.5 Å². The molecule has 1 aliphatic rings. The van der Waals surface area contributed by atoms with Gasteiger partial charge in [-0.1, -0.05) is 32.9 Å². The molecule has 6 aromatic rings. The number of oxazole rings is 2. The summed E-state index contributed by atoms with van der Waals surface area (Å²) in [6.45, 7) is 7.05. The highest BCUT2D eigenvalue weighted by Gasteiger charge is 2.45. The minimum Gasteiger partial charge on any atom is -0.504 e.